The van der Waals surface area contributed by atoms with E-state index in [0.717, 1.165) is 37.2 Å². The highest BCUT2D eigenvalue weighted by Crippen LogP contribution is 2.35. The van der Waals surface area contributed by atoms with Gasteiger partial charge in [0.15, 0.2) is 5.69 Å². The summed E-state index contributed by atoms with van der Waals surface area (Å²) in [6.07, 6.45) is 3.75. The Bertz CT molecular complexity index is 1250. The predicted molar refractivity (Wildman–Crippen MR) is 136 cm³/mol. The van der Waals surface area contributed by atoms with Gasteiger partial charge in [0.1, 0.15) is 22.4 Å². The number of hydrogen-bond acceptors (Lipinski definition) is 8. The summed E-state index contributed by atoms with van der Waals surface area (Å²) < 4.78 is 9.20. The van der Waals surface area contributed by atoms with Gasteiger partial charge in [-0.1, -0.05) is 25.0 Å². The fourth-order valence-electron chi connectivity index (χ4n) is 4.29. The molecule has 0 radical (unpaired) electrons. The number of ether oxygens (including phenoxy) is 1. The molecule has 1 aliphatic carbocycles. The quantitative estimate of drug-likeness (QED) is 0.363. The van der Waals surface area contributed by atoms with Crippen LogP contribution in [0.15, 0.2) is 48.5 Å². The first-order valence-corrected chi connectivity index (χ1v) is 12.2. The number of benzene rings is 2. The van der Waals surface area contributed by atoms with Crippen molar-refractivity contribution in [2.75, 3.05) is 17.7 Å². The maximum absolute atomic E-state index is 14.0. The van der Waals surface area contributed by atoms with E-state index in [1.54, 1.807) is 36.4 Å². The van der Waals surface area contributed by atoms with Crippen molar-refractivity contribution >= 4 is 40.6 Å². The Hall–Kier alpha value is -4.12. The Balaban J connectivity index is 1.84. The number of hydrogen-bond donors (Lipinski definition) is 4. The first-order valence-electron chi connectivity index (χ1n) is 11.4. The fraction of sp³-hybridized carbons (Fsp3) is 0.280. The number of aromatic nitrogens is 1. The van der Waals surface area contributed by atoms with Crippen LogP contribution >= 0.6 is 11.5 Å². The van der Waals surface area contributed by atoms with Crippen LogP contribution in [-0.2, 0) is 4.79 Å². The summed E-state index contributed by atoms with van der Waals surface area (Å²) in [7, 11) is 1.52. The third-order valence-corrected chi connectivity index (χ3v) is 6.99. The van der Waals surface area contributed by atoms with Crippen LogP contribution in [0.25, 0.3) is 0 Å². The number of carbonyl (C=O) groups is 3. The maximum Gasteiger partial charge on any atom is 0.273 e. The lowest BCUT2D eigenvalue weighted by Crippen LogP contribution is -2.46. The lowest BCUT2D eigenvalue weighted by molar-refractivity contribution is -0.123. The summed E-state index contributed by atoms with van der Waals surface area (Å²) in [6.45, 7) is 0. The summed E-state index contributed by atoms with van der Waals surface area (Å²) in [5.41, 5.74) is 12.0. The maximum atomic E-state index is 14.0. The van der Waals surface area contributed by atoms with Crippen LogP contribution in [-0.4, -0.2) is 40.4 Å². The highest BCUT2D eigenvalue weighted by atomic mass is 32.1. The van der Waals surface area contributed by atoms with E-state index in [1.807, 2.05) is 0 Å². The molecule has 1 atom stereocenters. The molecule has 3 aromatic rings. The number of anilines is 2. The largest absolute Gasteiger partial charge is 0.508 e. The zero-order chi connectivity index (χ0) is 25.8. The number of nitrogen functional groups attached to an aromatic ring is 1. The van der Waals surface area contributed by atoms with Gasteiger partial charge in [-0.25, -0.2) is 0 Å². The number of phenols is 1. The second-order valence-electron chi connectivity index (χ2n) is 8.50. The summed E-state index contributed by atoms with van der Waals surface area (Å²) in [6, 6.07) is 11.6. The van der Waals surface area contributed by atoms with Gasteiger partial charge in [-0.15, -0.1) is 0 Å². The smallest absolute Gasteiger partial charge is 0.273 e. The van der Waals surface area contributed by atoms with E-state index in [9.17, 15) is 19.5 Å². The van der Waals surface area contributed by atoms with Crippen molar-refractivity contribution in [1.82, 2.24) is 9.69 Å². The molecule has 0 saturated heterocycles. The third kappa shape index (κ3) is 5.10. The zero-order valence-electron chi connectivity index (χ0n) is 19.6. The Morgan fingerprint density at radius 1 is 1.11 bits per heavy atom. The molecule has 3 amide bonds. The number of amides is 3. The number of carbonyl (C=O) groups excluding carboxylic acids is 3. The third-order valence-electron chi connectivity index (χ3n) is 6.14. The lowest BCUT2D eigenvalue weighted by Gasteiger charge is -2.32. The molecule has 1 aromatic heterocycles. The van der Waals surface area contributed by atoms with Crippen molar-refractivity contribution in [3.8, 4) is 11.5 Å². The molecule has 36 heavy (non-hydrogen) atoms. The number of phenolic OH excluding ortho intramolecular Hbond substituents is 1. The van der Waals surface area contributed by atoms with Gasteiger partial charge in [0, 0.05) is 11.7 Å². The number of nitrogens with zero attached hydrogens (tertiary/aromatic N) is 2. The van der Waals surface area contributed by atoms with Crippen LogP contribution in [0.5, 0.6) is 11.5 Å². The number of nitrogens with two attached hydrogens (primary N) is 2. The number of methoxy groups -OCH3 is 1. The number of primary amides is 1. The number of nitrogens with one attached hydrogen (secondary N) is 1. The molecule has 0 spiro atoms. The van der Waals surface area contributed by atoms with Crippen LogP contribution in [0, 0.1) is 0 Å². The van der Waals surface area contributed by atoms with Gasteiger partial charge in [-0.2, -0.15) is 4.37 Å². The van der Waals surface area contributed by atoms with Crippen molar-refractivity contribution in [2.24, 2.45) is 5.73 Å². The Kier molecular flexibility index (Phi) is 7.39. The normalized spacial score (nSPS) is 14.2. The minimum Gasteiger partial charge on any atom is -0.508 e. The van der Waals surface area contributed by atoms with E-state index >= 15 is 0 Å². The second-order valence-corrected chi connectivity index (χ2v) is 9.27. The molecule has 1 aliphatic rings. The van der Waals surface area contributed by atoms with Crippen LogP contribution in [0.3, 0.4) is 0 Å². The van der Waals surface area contributed by atoms with Crippen molar-refractivity contribution in [1.29, 1.82) is 0 Å². The van der Waals surface area contributed by atoms with Crippen LogP contribution in [0.2, 0.25) is 0 Å². The summed E-state index contributed by atoms with van der Waals surface area (Å²) in [4.78, 5) is 40.7. The van der Waals surface area contributed by atoms with Crippen molar-refractivity contribution in [3.05, 3.63) is 64.7 Å². The van der Waals surface area contributed by atoms with E-state index in [-0.39, 0.29) is 34.0 Å². The fourth-order valence-corrected chi connectivity index (χ4v) is 5.03. The van der Waals surface area contributed by atoms with Crippen LogP contribution in [0.4, 0.5) is 11.4 Å². The highest BCUT2D eigenvalue weighted by Gasteiger charge is 2.37. The molecule has 11 heteroatoms. The molecule has 2 aromatic carbocycles. The first-order chi connectivity index (χ1) is 17.3. The lowest BCUT2D eigenvalue weighted by atomic mass is 10.0. The zero-order valence-corrected chi connectivity index (χ0v) is 20.5. The number of aromatic hydroxyl groups is 1. The average molecular weight is 510 g/mol. The molecule has 1 fully saturated rings. The van der Waals surface area contributed by atoms with E-state index < -0.39 is 17.9 Å². The van der Waals surface area contributed by atoms with E-state index in [4.69, 9.17) is 16.2 Å². The molecule has 4 rings (SSSR count). The van der Waals surface area contributed by atoms with Crippen LogP contribution in [0.1, 0.15) is 57.4 Å². The molecule has 10 nitrogen and oxygen atoms in total. The SMILES string of the molecule is COc1ccc(N(C(=O)c2snc(C(N)=O)c2N)[C@H](C(=O)NC2CCCC2)c2ccc(O)cc2)cc1. The Morgan fingerprint density at radius 3 is 2.31 bits per heavy atom. The van der Waals surface area contributed by atoms with Crippen LogP contribution < -0.4 is 26.4 Å². The molecule has 188 valence electrons. The van der Waals surface area contributed by atoms with Gasteiger partial charge in [0.05, 0.1) is 12.8 Å². The first kappa shape index (κ1) is 25.0. The van der Waals surface area contributed by atoms with Crippen molar-refractivity contribution in [3.63, 3.8) is 0 Å². The van der Waals surface area contributed by atoms with Gasteiger partial charge >= 0.3 is 0 Å². The van der Waals surface area contributed by atoms with Gasteiger partial charge in [0.2, 0.25) is 5.91 Å². The van der Waals surface area contributed by atoms with E-state index in [2.05, 4.69) is 9.69 Å². The Labute approximate surface area is 212 Å². The van der Waals surface area contributed by atoms with Gasteiger partial charge in [-0.05, 0) is 66.3 Å². The molecular weight excluding hydrogens is 482 g/mol. The molecule has 6 N–H and O–H groups in total. The van der Waals surface area contributed by atoms with Gasteiger partial charge < -0.3 is 26.6 Å². The molecular formula is C25H27N5O5S. The van der Waals surface area contributed by atoms with Crippen molar-refractivity contribution in [2.45, 2.75) is 37.8 Å². The average Bonchev–Trinajstić information content (AvgIpc) is 3.52. The molecule has 1 saturated carbocycles. The Morgan fingerprint density at radius 2 is 1.75 bits per heavy atom. The standard InChI is InChI=1S/C25H27N5O5S/c1-35-18-12-8-16(9-13-18)30(25(34)22-19(26)20(23(27)32)29-36-22)21(14-6-10-17(31)11-7-14)24(33)28-15-4-2-3-5-15/h6-13,15,21,31H,2-5,26H2,1H3,(H2,27,32)(H,28,33)/t21-/m0/s1. The summed E-state index contributed by atoms with van der Waals surface area (Å²) in [5, 5.41) is 12.9. The van der Waals surface area contributed by atoms with Gasteiger partial charge in [-0.3, -0.25) is 19.3 Å². The highest BCUT2D eigenvalue weighted by molar-refractivity contribution is 7.09. The van der Waals surface area contributed by atoms with Gasteiger partial charge in [0.25, 0.3) is 11.8 Å². The van der Waals surface area contributed by atoms with Crippen molar-refractivity contribution < 1.29 is 24.2 Å². The minimum absolute atomic E-state index is 0.000118. The molecule has 0 unspecified atom stereocenters. The molecule has 0 aliphatic heterocycles. The topological polar surface area (TPSA) is 161 Å². The van der Waals surface area contributed by atoms with E-state index in [1.165, 1.54) is 24.1 Å². The summed E-state index contributed by atoms with van der Waals surface area (Å²) in [5.74, 6) is -1.27. The molecule has 1 heterocycles. The minimum atomic E-state index is -1.11. The van der Waals surface area contributed by atoms with E-state index in [0.29, 0.717) is 17.0 Å². The second kappa shape index (κ2) is 10.6. The molecule has 0 bridgehead atoms. The monoisotopic (exact) mass is 509 g/mol. The summed E-state index contributed by atoms with van der Waals surface area (Å²) >= 11 is 0.739. The predicted octanol–water partition coefficient (Wildman–Crippen LogP) is 2.99. The number of rotatable bonds is 8.